The summed E-state index contributed by atoms with van der Waals surface area (Å²) in [6.45, 7) is 10.6. The normalized spacial score (nSPS) is 18.4. The predicted molar refractivity (Wildman–Crippen MR) is 188 cm³/mol. The largest absolute Gasteiger partial charge is 0.348 e. The van der Waals surface area contributed by atoms with Crippen LogP contribution in [0.1, 0.15) is 49.9 Å². The van der Waals surface area contributed by atoms with E-state index in [0.717, 1.165) is 86.3 Å². The number of nitrogens with zero attached hydrogens (tertiary/aromatic N) is 6. The number of amides is 3. The second-order valence-electron chi connectivity index (χ2n) is 13.5. The van der Waals surface area contributed by atoms with Gasteiger partial charge in [-0.2, -0.15) is 0 Å². The van der Waals surface area contributed by atoms with Crippen molar-refractivity contribution in [1.82, 2.24) is 29.2 Å². The molecule has 0 unspecified atom stereocenters. The summed E-state index contributed by atoms with van der Waals surface area (Å²) in [7, 11) is 0. The van der Waals surface area contributed by atoms with Gasteiger partial charge in [-0.15, -0.1) is 0 Å². The van der Waals surface area contributed by atoms with Gasteiger partial charge in [0, 0.05) is 112 Å². The molecule has 3 aliphatic rings. The van der Waals surface area contributed by atoms with Gasteiger partial charge in [0.05, 0.1) is 11.4 Å². The van der Waals surface area contributed by atoms with Crippen molar-refractivity contribution in [1.29, 1.82) is 0 Å². The van der Waals surface area contributed by atoms with Crippen molar-refractivity contribution in [2.45, 2.75) is 52.1 Å². The maximum Gasteiger partial charge on any atom is 0.254 e. The second kappa shape index (κ2) is 13.9. The van der Waals surface area contributed by atoms with Crippen LogP contribution < -0.4 is 0 Å². The van der Waals surface area contributed by atoms with Crippen molar-refractivity contribution in [3.05, 3.63) is 78.5 Å². The highest BCUT2D eigenvalue weighted by Crippen LogP contribution is 2.29. The fourth-order valence-electron chi connectivity index (χ4n) is 7.82. The van der Waals surface area contributed by atoms with E-state index in [1.807, 2.05) is 57.2 Å². The molecule has 0 spiro atoms. The van der Waals surface area contributed by atoms with Crippen LogP contribution in [-0.4, -0.2) is 105 Å². The van der Waals surface area contributed by atoms with E-state index in [9.17, 15) is 14.4 Å². The SMILES string of the molecule is CCn1ccc2cc(-c3cc(C(=O)N4CCN(C5CCN(C(=O)C6CCN(C(C)=O)CC6)CC5)CC4)cc(-c4ccccc4)n3)ccc21. The molecule has 3 aliphatic heterocycles. The van der Waals surface area contributed by atoms with E-state index < -0.39 is 0 Å². The first-order valence-electron chi connectivity index (χ1n) is 17.6. The van der Waals surface area contributed by atoms with E-state index in [1.54, 1.807) is 6.92 Å². The minimum Gasteiger partial charge on any atom is -0.348 e. The van der Waals surface area contributed by atoms with Gasteiger partial charge in [0.2, 0.25) is 11.8 Å². The Hall–Kier alpha value is -4.50. The molecule has 0 N–H and O–H groups in total. The lowest BCUT2D eigenvalue weighted by Gasteiger charge is -2.43. The first-order valence-corrected chi connectivity index (χ1v) is 17.6. The molecular formula is C39H46N6O3. The number of piperidine rings is 2. The van der Waals surface area contributed by atoms with Crippen LogP contribution in [0.15, 0.2) is 72.9 Å². The fraction of sp³-hybridized carbons (Fsp3) is 0.436. The summed E-state index contributed by atoms with van der Waals surface area (Å²) in [6.07, 6.45) is 5.57. The van der Waals surface area contributed by atoms with E-state index in [4.69, 9.17) is 4.98 Å². The molecule has 48 heavy (non-hydrogen) atoms. The van der Waals surface area contributed by atoms with E-state index in [0.29, 0.717) is 37.8 Å². The van der Waals surface area contributed by atoms with Gasteiger partial charge in [-0.25, -0.2) is 4.98 Å². The molecule has 0 saturated carbocycles. The first-order chi connectivity index (χ1) is 23.4. The number of piperazine rings is 1. The molecule has 3 fully saturated rings. The molecule has 9 nitrogen and oxygen atoms in total. The fourth-order valence-corrected chi connectivity index (χ4v) is 7.82. The van der Waals surface area contributed by atoms with Gasteiger partial charge in [-0.3, -0.25) is 19.3 Å². The van der Waals surface area contributed by atoms with Crippen molar-refractivity contribution in [3.8, 4) is 22.5 Å². The Morgan fingerprint density at radius 2 is 1.38 bits per heavy atom. The van der Waals surface area contributed by atoms with Gasteiger partial charge in [0.15, 0.2) is 0 Å². The second-order valence-corrected chi connectivity index (χ2v) is 13.5. The summed E-state index contributed by atoms with van der Waals surface area (Å²) in [5, 5.41) is 1.16. The van der Waals surface area contributed by atoms with Crippen LogP contribution >= 0.6 is 0 Å². The van der Waals surface area contributed by atoms with Crippen molar-refractivity contribution < 1.29 is 14.4 Å². The molecule has 5 heterocycles. The predicted octanol–water partition coefficient (Wildman–Crippen LogP) is 5.40. The monoisotopic (exact) mass is 646 g/mol. The molecule has 3 saturated heterocycles. The minimum atomic E-state index is 0.0359. The van der Waals surface area contributed by atoms with Crippen LogP contribution in [-0.2, 0) is 16.1 Å². The number of hydrogen-bond donors (Lipinski definition) is 0. The van der Waals surface area contributed by atoms with Crippen LogP contribution in [0.25, 0.3) is 33.4 Å². The Kier molecular flexibility index (Phi) is 9.30. The Bertz CT molecular complexity index is 1780. The van der Waals surface area contributed by atoms with Crippen molar-refractivity contribution in [2.75, 3.05) is 52.4 Å². The van der Waals surface area contributed by atoms with Crippen molar-refractivity contribution in [3.63, 3.8) is 0 Å². The summed E-state index contributed by atoms with van der Waals surface area (Å²) in [4.78, 5) is 52.4. The number of aromatic nitrogens is 2. The molecule has 3 amide bonds. The third kappa shape index (κ3) is 6.61. The van der Waals surface area contributed by atoms with Crippen molar-refractivity contribution in [2.24, 2.45) is 5.92 Å². The topological polar surface area (TPSA) is 82.0 Å². The number of fused-ring (bicyclic) bond motifs is 1. The molecule has 0 radical (unpaired) electrons. The number of pyridine rings is 1. The van der Waals surface area contributed by atoms with Crippen LogP contribution in [0, 0.1) is 5.92 Å². The summed E-state index contributed by atoms with van der Waals surface area (Å²) >= 11 is 0. The minimum absolute atomic E-state index is 0.0359. The smallest absolute Gasteiger partial charge is 0.254 e. The highest BCUT2D eigenvalue weighted by molar-refractivity contribution is 5.97. The zero-order valence-electron chi connectivity index (χ0n) is 28.2. The van der Waals surface area contributed by atoms with Gasteiger partial charge in [-0.05, 0) is 62.9 Å². The summed E-state index contributed by atoms with van der Waals surface area (Å²) in [5.41, 5.74) is 5.45. The number of hydrogen-bond acceptors (Lipinski definition) is 5. The van der Waals surface area contributed by atoms with Crippen LogP contribution in [0.4, 0.5) is 0 Å². The third-order valence-electron chi connectivity index (χ3n) is 10.7. The molecule has 0 aliphatic carbocycles. The Morgan fingerprint density at radius 3 is 2.04 bits per heavy atom. The van der Waals surface area contributed by atoms with E-state index in [-0.39, 0.29) is 23.6 Å². The van der Waals surface area contributed by atoms with Crippen LogP contribution in [0.3, 0.4) is 0 Å². The molecule has 4 aromatic rings. The highest BCUT2D eigenvalue weighted by Gasteiger charge is 2.34. The van der Waals surface area contributed by atoms with Gasteiger partial charge in [-0.1, -0.05) is 36.4 Å². The van der Waals surface area contributed by atoms with Gasteiger partial charge >= 0.3 is 0 Å². The maximum absolute atomic E-state index is 14.0. The average Bonchev–Trinajstić information content (AvgIpc) is 3.57. The number of rotatable bonds is 6. The van der Waals surface area contributed by atoms with Crippen LogP contribution in [0.2, 0.25) is 0 Å². The molecule has 2 aromatic heterocycles. The number of likely N-dealkylation sites (tertiary alicyclic amines) is 2. The van der Waals surface area contributed by atoms with Gasteiger partial charge < -0.3 is 19.3 Å². The lowest BCUT2D eigenvalue weighted by Crippen LogP contribution is -2.55. The zero-order valence-corrected chi connectivity index (χ0v) is 28.2. The molecule has 2 aromatic carbocycles. The average molecular weight is 647 g/mol. The molecule has 0 atom stereocenters. The van der Waals surface area contributed by atoms with E-state index in [2.05, 4.69) is 46.9 Å². The highest BCUT2D eigenvalue weighted by atomic mass is 16.2. The number of benzene rings is 2. The third-order valence-corrected chi connectivity index (χ3v) is 10.7. The molecular weight excluding hydrogens is 600 g/mol. The number of aryl methyl sites for hydroxylation is 1. The van der Waals surface area contributed by atoms with Gasteiger partial charge in [0.1, 0.15) is 0 Å². The number of carbonyl (C=O) groups excluding carboxylic acids is 3. The van der Waals surface area contributed by atoms with Crippen LogP contribution in [0.5, 0.6) is 0 Å². The zero-order chi connectivity index (χ0) is 33.2. The Balaban J connectivity index is 1.000. The molecule has 0 bridgehead atoms. The van der Waals surface area contributed by atoms with Gasteiger partial charge in [0.25, 0.3) is 5.91 Å². The Morgan fingerprint density at radius 1 is 0.708 bits per heavy atom. The summed E-state index contributed by atoms with van der Waals surface area (Å²) < 4.78 is 2.23. The number of carbonyl (C=O) groups is 3. The lowest BCUT2D eigenvalue weighted by atomic mass is 9.93. The van der Waals surface area contributed by atoms with E-state index in [1.165, 1.54) is 5.52 Å². The maximum atomic E-state index is 14.0. The van der Waals surface area contributed by atoms with E-state index >= 15 is 0 Å². The molecule has 9 heteroatoms. The summed E-state index contributed by atoms with van der Waals surface area (Å²) in [5.74, 6) is 0.444. The summed E-state index contributed by atoms with van der Waals surface area (Å²) in [6, 6.07) is 23.0. The standard InChI is InChI=1S/C39H46N6O3/c1-3-41-16-13-32-25-31(9-10-37(32)41)36-27-33(26-35(40-36)29-7-5-4-6-8-29)39(48)45-23-21-43(22-24-45)34-14-19-44(20-15-34)38(47)30-11-17-42(18-12-30)28(2)46/h4-10,13,16,25-27,30,34H,3,11-12,14-15,17-24H2,1-2H3. The van der Waals surface area contributed by atoms with Crippen molar-refractivity contribution >= 4 is 28.6 Å². The molecule has 7 rings (SSSR count). The molecule has 250 valence electrons. The lowest BCUT2D eigenvalue weighted by molar-refractivity contribution is -0.141. The Labute approximate surface area is 283 Å². The quantitative estimate of drug-likeness (QED) is 0.281. The first kappa shape index (κ1) is 32.1.